The Morgan fingerprint density at radius 2 is 2.00 bits per heavy atom. The Hall–Kier alpha value is -2.61. The van der Waals surface area contributed by atoms with E-state index in [2.05, 4.69) is 10.4 Å². The van der Waals surface area contributed by atoms with Crippen LogP contribution in [0.1, 0.15) is 53.3 Å². The molecule has 0 bridgehead atoms. The van der Waals surface area contributed by atoms with Crippen molar-refractivity contribution in [2.45, 2.75) is 38.6 Å². The van der Waals surface area contributed by atoms with E-state index in [1.54, 1.807) is 24.3 Å². The average molecular weight is 294 g/mol. The molecule has 1 aromatic carbocycles. The summed E-state index contributed by atoms with van der Waals surface area (Å²) in [7, 11) is 0. The Bertz CT molecular complexity index is 718. The number of hydrogen-bond donors (Lipinski definition) is 1. The molecule has 1 N–H and O–H groups in total. The second-order valence-corrected chi connectivity index (χ2v) is 5.70. The monoisotopic (exact) mass is 294 g/mol. The van der Waals surface area contributed by atoms with Gasteiger partial charge in [-0.05, 0) is 44.0 Å². The van der Waals surface area contributed by atoms with Crippen molar-refractivity contribution in [3.05, 3.63) is 47.2 Å². The minimum absolute atomic E-state index is 0.177. The summed E-state index contributed by atoms with van der Waals surface area (Å²) in [5, 5.41) is 16.3. The van der Waals surface area contributed by atoms with Crippen molar-refractivity contribution < 1.29 is 4.79 Å². The van der Waals surface area contributed by atoms with Gasteiger partial charge in [0.2, 0.25) is 0 Å². The van der Waals surface area contributed by atoms with E-state index in [0.29, 0.717) is 17.2 Å². The Balaban J connectivity index is 1.80. The van der Waals surface area contributed by atoms with E-state index < -0.39 is 0 Å². The summed E-state index contributed by atoms with van der Waals surface area (Å²) in [4.78, 5) is 12.4. The Morgan fingerprint density at radius 1 is 1.32 bits per heavy atom. The first kappa shape index (κ1) is 14.3. The number of carbonyl (C=O) groups is 1. The smallest absolute Gasteiger partial charge is 0.256 e. The van der Waals surface area contributed by atoms with Crippen molar-refractivity contribution in [2.24, 2.45) is 0 Å². The Kier molecular flexibility index (Phi) is 3.92. The van der Waals surface area contributed by atoms with Gasteiger partial charge in [-0.2, -0.15) is 10.4 Å². The molecule has 1 aliphatic carbocycles. The highest BCUT2D eigenvalue weighted by molar-refractivity contribution is 6.03. The first-order valence-corrected chi connectivity index (χ1v) is 7.55. The predicted molar refractivity (Wildman–Crippen MR) is 83.6 cm³/mol. The number of nitriles is 1. The van der Waals surface area contributed by atoms with Crippen LogP contribution in [0.15, 0.2) is 30.3 Å². The summed E-state index contributed by atoms with van der Waals surface area (Å²) >= 11 is 0. The number of amides is 1. The predicted octanol–water partition coefficient (Wildman–Crippen LogP) is 3.43. The topological polar surface area (TPSA) is 70.7 Å². The van der Waals surface area contributed by atoms with Gasteiger partial charge in [-0.15, -0.1) is 0 Å². The lowest BCUT2D eigenvalue weighted by Gasteiger charge is -2.14. The van der Waals surface area contributed by atoms with Crippen molar-refractivity contribution in [3.8, 4) is 6.07 Å². The summed E-state index contributed by atoms with van der Waals surface area (Å²) in [5.41, 5.74) is 1.99. The first-order valence-electron chi connectivity index (χ1n) is 7.55. The SMILES string of the molecule is Cc1cc(NC(=O)c2ccc(C#N)cc2)n(C2CCCC2)n1. The van der Waals surface area contributed by atoms with Gasteiger partial charge in [0.1, 0.15) is 5.82 Å². The summed E-state index contributed by atoms with van der Waals surface area (Å²) in [5.74, 6) is 0.572. The highest BCUT2D eigenvalue weighted by Gasteiger charge is 2.21. The molecule has 3 rings (SSSR count). The molecule has 1 amide bonds. The van der Waals surface area contributed by atoms with Crippen molar-refractivity contribution >= 4 is 11.7 Å². The molecule has 0 spiro atoms. The third kappa shape index (κ3) is 2.86. The lowest BCUT2D eigenvalue weighted by molar-refractivity contribution is 0.102. The number of aromatic nitrogens is 2. The van der Waals surface area contributed by atoms with Gasteiger partial charge in [-0.25, -0.2) is 4.68 Å². The average Bonchev–Trinajstić information content (AvgIpc) is 3.17. The highest BCUT2D eigenvalue weighted by atomic mass is 16.1. The van der Waals surface area contributed by atoms with Gasteiger partial charge in [0, 0.05) is 11.6 Å². The van der Waals surface area contributed by atoms with Crippen LogP contribution in [-0.2, 0) is 0 Å². The molecular weight excluding hydrogens is 276 g/mol. The zero-order valence-electron chi connectivity index (χ0n) is 12.5. The van der Waals surface area contributed by atoms with E-state index in [9.17, 15) is 4.79 Å². The normalized spacial score (nSPS) is 14.7. The van der Waals surface area contributed by atoms with Crippen LogP contribution in [0.25, 0.3) is 0 Å². The first-order chi connectivity index (χ1) is 10.7. The Morgan fingerprint density at radius 3 is 2.64 bits per heavy atom. The van der Waals surface area contributed by atoms with Gasteiger partial charge in [0.15, 0.2) is 0 Å². The van der Waals surface area contributed by atoms with Crippen LogP contribution < -0.4 is 5.32 Å². The summed E-state index contributed by atoms with van der Waals surface area (Å²) in [6, 6.07) is 11.0. The maximum atomic E-state index is 12.4. The number of nitrogens with zero attached hydrogens (tertiary/aromatic N) is 3. The van der Waals surface area contributed by atoms with Crippen molar-refractivity contribution in [3.63, 3.8) is 0 Å². The molecule has 0 unspecified atom stereocenters. The van der Waals surface area contributed by atoms with Gasteiger partial charge >= 0.3 is 0 Å². The van der Waals surface area contributed by atoms with E-state index in [4.69, 9.17) is 5.26 Å². The van der Waals surface area contributed by atoms with E-state index in [-0.39, 0.29) is 5.91 Å². The van der Waals surface area contributed by atoms with Gasteiger partial charge in [0.05, 0.1) is 23.4 Å². The molecule has 5 nitrogen and oxygen atoms in total. The molecule has 1 aromatic heterocycles. The van der Waals surface area contributed by atoms with Crippen LogP contribution in [0.2, 0.25) is 0 Å². The molecule has 0 radical (unpaired) electrons. The second-order valence-electron chi connectivity index (χ2n) is 5.70. The zero-order chi connectivity index (χ0) is 15.5. The van der Waals surface area contributed by atoms with Gasteiger partial charge in [-0.3, -0.25) is 4.79 Å². The fourth-order valence-electron chi connectivity index (χ4n) is 2.92. The van der Waals surface area contributed by atoms with E-state index in [1.807, 2.05) is 23.7 Å². The molecule has 2 aromatic rings. The Labute approximate surface area is 129 Å². The number of nitrogens with one attached hydrogen (secondary N) is 1. The lowest BCUT2D eigenvalue weighted by Crippen LogP contribution is -2.17. The van der Waals surface area contributed by atoms with Crippen molar-refractivity contribution in [2.75, 3.05) is 5.32 Å². The number of hydrogen-bond acceptors (Lipinski definition) is 3. The summed E-state index contributed by atoms with van der Waals surface area (Å²) in [6.07, 6.45) is 4.65. The molecule has 112 valence electrons. The third-order valence-corrected chi connectivity index (χ3v) is 4.05. The van der Waals surface area contributed by atoms with Crippen molar-refractivity contribution in [1.82, 2.24) is 9.78 Å². The molecule has 0 atom stereocenters. The number of anilines is 1. The number of rotatable bonds is 3. The zero-order valence-corrected chi connectivity index (χ0v) is 12.5. The van der Waals surface area contributed by atoms with Crippen LogP contribution in [0.5, 0.6) is 0 Å². The van der Waals surface area contributed by atoms with E-state index >= 15 is 0 Å². The standard InChI is InChI=1S/C17H18N4O/c1-12-10-16(21(20-12)15-4-2-3-5-15)19-17(22)14-8-6-13(11-18)7-9-14/h6-10,15H,2-5H2,1H3,(H,19,22). The van der Waals surface area contributed by atoms with Crippen LogP contribution in [0.4, 0.5) is 5.82 Å². The second kappa shape index (κ2) is 6.02. The molecular formula is C17H18N4O. The van der Waals surface area contributed by atoms with Crippen LogP contribution >= 0.6 is 0 Å². The molecule has 5 heteroatoms. The fourth-order valence-corrected chi connectivity index (χ4v) is 2.92. The van der Waals surface area contributed by atoms with Gasteiger partial charge in [0.25, 0.3) is 5.91 Å². The minimum atomic E-state index is -0.177. The maximum Gasteiger partial charge on any atom is 0.256 e. The molecule has 22 heavy (non-hydrogen) atoms. The third-order valence-electron chi connectivity index (χ3n) is 4.05. The molecule has 1 aliphatic rings. The van der Waals surface area contributed by atoms with Crippen molar-refractivity contribution in [1.29, 1.82) is 5.26 Å². The summed E-state index contributed by atoms with van der Waals surface area (Å²) in [6.45, 7) is 1.93. The van der Waals surface area contributed by atoms with E-state index in [0.717, 1.165) is 24.4 Å². The van der Waals surface area contributed by atoms with Crippen LogP contribution in [0, 0.1) is 18.3 Å². The quantitative estimate of drug-likeness (QED) is 0.942. The van der Waals surface area contributed by atoms with Crippen LogP contribution in [-0.4, -0.2) is 15.7 Å². The molecule has 1 heterocycles. The molecule has 0 saturated heterocycles. The molecule has 1 saturated carbocycles. The minimum Gasteiger partial charge on any atom is -0.307 e. The number of carbonyl (C=O) groups excluding carboxylic acids is 1. The van der Waals surface area contributed by atoms with Gasteiger partial charge in [-0.1, -0.05) is 12.8 Å². The molecule has 0 aliphatic heterocycles. The lowest BCUT2D eigenvalue weighted by atomic mass is 10.1. The van der Waals surface area contributed by atoms with Crippen LogP contribution in [0.3, 0.4) is 0 Å². The number of benzene rings is 1. The summed E-state index contributed by atoms with van der Waals surface area (Å²) < 4.78 is 1.95. The van der Waals surface area contributed by atoms with Gasteiger partial charge < -0.3 is 5.32 Å². The maximum absolute atomic E-state index is 12.4. The van der Waals surface area contributed by atoms with E-state index in [1.165, 1.54) is 12.8 Å². The fraction of sp³-hybridized carbons (Fsp3) is 0.353. The molecule has 1 fully saturated rings. The number of aryl methyl sites for hydroxylation is 1. The highest BCUT2D eigenvalue weighted by Crippen LogP contribution is 2.31. The largest absolute Gasteiger partial charge is 0.307 e.